The summed E-state index contributed by atoms with van der Waals surface area (Å²) in [5.41, 5.74) is -0.00768. The fourth-order valence-corrected chi connectivity index (χ4v) is 3.18. The van der Waals surface area contributed by atoms with Crippen LogP contribution in [0.25, 0.3) is 11.0 Å². The molecule has 0 N–H and O–H groups in total. The van der Waals surface area contributed by atoms with Gasteiger partial charge in [-0.25, -0.2) is 4.79 Å². The van der Waals surface area contributed by atoms with Crippen LogP contribution < -0.4 is 19.6 Å². The number of benzene rings is 2. The molecule has 0 amide bonds. The third kappa shape index (κ3) is 3.95. The van der Waals surface area contributed by atoms with Gasteiger partial charge < -0.3 is 23.4 Å². The van der Waals surface area contributed by atoms with E-state index in [9.17, 15) is 9.59 Å². The average Bonchev–Trinajstić information content (AvgIpc) is 3.26. The van der Waals surface area contributed by atoms with Gasteiger partial charge in [-0.1, -0.05) is 6.07 Å². The molecular weight excluding hydrogens is 376 g/mol. The summed E-state index contributed by atoms with van der Waals surface area (Å²) in [4.78, 5) is 25.0. The van der Waals surface area contributed by atoms with Crippen LogP contribution in [0.1, 0.15) is 18.6 Å². The van der Waals surface area contributed by atoms with Crippen LogP contribution in [0.3, 0.4) is 0 Å². The first-order valence-electron chi connectivity index (χ1n) is 9.28. The van der Waals surface area contributed by atoms with Crippen molar-refractivity contribution in [2.24, 2.45) is 0 Å². The lowest BCUT2D eigenvalue weighted by molar-refractivity contribution is -0.144. The first-order valence-corrected chi connectivity index (χ1v) is 9.28. The molecule has 7 nitrogen and oxygen atoms in total. The van der Waals surface area contributed by atoms with E-state index in [1.807, 2.05) is 0 Å². The van der Waals surface area contributed by atoms with Crippen LogP contribution in [0.2, 0.25) is 0 Å². The van der Waals surface area contributed by atoms with E-state index in [4.69, 9.17) is 23.4 Å². The molecule has 150 valence electrons. The molecule has 1 saturated heterocycles. The fourth-order valence-electron chi connectivity index (χ4n) is 3.18. The number of hydrogen-bond donors (Lipinski definition) is 0. The maximum atomic E-state index is 12.9. The van der Waals surface area contributed by atoms with Gasteiger partial charge in [-0.05, 0) is 44.0 Å². The third-order valence-electron chi connectivity index (χ3n) is 4.66. The SMILES string of the molecule is COc1cccc(Oc2c(C)oc3cc(OC(=O)C4CCCO4)ccc3c2=O)c1. The number of carbonyl (C=O) groups excluding carboxylic acids is 1. The Labute approximate surface area is 166 Å². The lowest BCUT2D eigenvalue weighted by atomic mass is 10.2. The molecule has 2 aromatic carbocycles. The molecule has 0 bridgehead atoms. The molecule has 1 unspecified atom stereocenters. The van der Waals surface area contributed by atoms with Gasteiger partial charge >= 0.3 is 5.97 Å². The summed E-state index contributed by atoms with van der Waals surface area (Å²) in [6, 6.07) is 11.6. The van der Waals surface area contributed by atoms with Crippen LogP contribution in [-0.4, -0.2) is 25.8 Å². The molecule has 1 fully saturated rings. The molecule has 29 heavy (non-hydrogen) atoms. The smallest absolute Gasteiger partial charge is 0.340 e. The molecule has 0 saturated carbocycles. The Hall–Kier alpha value is -3.32. The summed E-state index contributed by atoms with van der Waals surface area (Å²) in [6.07, 6.45) is 0.936. The highest BCUT2D eigenvalue weighted by Gasteiger charge is 2.26. The zero-order valence-corrected chi connectivity index (χ0v) is 16.1. The first-order chi connectivity index (χ1) is 14.0. The summed E-state index contributed by atoms with van der Waals surface area (Å²) in [6.45, 7) is 2.20. The Morgan fingerprint density at radius 2 is 1.93 bits per heavy atom. The summed E-state index contributed by atoms with van der Waals surface area (Å²) in [5.74, 6) is 1.33. The molecule has 1 atom stereocenters. The second-order valence-electron chi connectivity index (χ2n) is 6.68. The molecule has 7 heteroatoms. The maximum absolute atomic E-state index is 12.9. The number of esters is 1. The molecule has 1 aliphatic heterocycles. The van der Waals surface area contributed by atoms with Crippen LogP contribution in [0, 0.1) is 6.92 Å². The minimum atomic E-state index is -0.543. The summed E-state index contributed by atoms with van der Waals surface area (Å²) < 4.78 is 27.4. The molecular formula is C22H20O7. The predicted octanol–water partition coefficient (Wildman–Crippen LogP) is 3.99. The van der Waals surface area contributed by atoms with Gasteiger partial charge in [0, 0.05) is 18.7 Å². The standard InChI is InChI=1S/C22H20O7/c1-13-21(28-15-6-3-5-14(11-15)25-2)20(23)17-9-8-16(12-19(17)27-13)29-22(24)18-7-4-10-26-18/h3,5-6,8-9,11-12,18H,4,7,10H2,1-2H3. The van der Waals surface area contributed by atoms with Crippen LogP contribution >= 0.6 is 0 Å². The van der Waals surface area contributed by atoms with Crippen molar-refractivity contribution in [3.8, 4) is 23.0 Å². The highest BCUT2D eigenvalue weighted by atomic mass is 16.6. The highest BCUT2D eigenvalue weighted by Crippen LogP contribution is 2.29. The van der Waals surface area contributed by atoms with E-state index in [-0.39, 0.29) is 11.2 Å². The molecule has 3 aromatic rings. The van der Waals surface area contributed by atoms with Gasteiger partial charge in [0.2, 0.25) is 11.2 Å². The van der Waals surface area contributed by atoms with E-state index in [0.717, 1.165) is 6.42 Å². The maximum Gasteiger partial charge on any atom is 0.340 e. The van der Waals surface area contributed by atoms with Gasteiger partial charge in [0.15, 0.2) is 6.10 Å². The Balaban J connectivity index is 1.63. The van der Waals surface area contributed by atoms with Crippen molar-refractivity contribution in [2.75, 3.05) is 13.7 Å². The average molecular weight is 396 g/mol. The highest BCUT2D eigenvalue weighted by molar-refractivity contribution is 5.82. The normalized spacial score (nSPS) is 16.0. The lowest BCUT2D eigenvalue weighted by Gasteiger charge is -2.11. The molecule has 1 aromatic heterocycles. The number of aryl methyl sites for hydroxylation is 1. The largest absolute Gasteiger partial charge is 0.497 e. The van der Waals surface area contributed by atoms with Crippen LogP contribution in [0.15, 0.2) is 51.7 Å². The van der Waals surface area contributed by atoms with E-state index in [1.165, 1.54) is 6.07 Å². The van der Waals surface area contributed by atoms with Crippen molar-refractivity contribution < 1.29 is 28.2 Å². The molecule has 0 spiro atoms. The van der Waals surface area contributed by atoms with Gasteiger partial charge in [-0.3, -0.25) is 4.79 Å². The predicted molar refractivity (Wildman–Crippen MR) is 105 cm³/mol. The zero-order valence-electron chi connectivity index (χ0n) is 16.1. The number of ether oxygens (including phenoxy) is 4. The molecule has 0 radical (unpaired) electrons. The Kier molecular flexibility index (Phi) is 5.22. The first kappa shape index (κ1) is 19.0. The summed E-state index contributed by atoms with van der Waals surface area (Å²) >= 11 is 0. The van der Waals surface area contributed by atoms with Gasteiger partial charge in [-0.2, -0.15) is 0 Å². The third-order valence-corrected chi connectivity index (χ3v) is 4.66. The monoisotopic (exact) mass is 396 g/mol. The van der Waals surface area contributed by atoms with Crippen LogP contribution in [-0.2, 0) is 9.53 Å². The van der Waals surface area contributed by atoms with Crippen molar-refractivity contribution in [3.63, 3.8) is 0 Å². The topological polar surface area (TPSA) is 84.2 Å². The van der Waals surface area contributed by atoms with Gasteiger partial charge in [0.1, 0.15) is 28.6 Å². The van der Waals surface area contributed by atoms with E-state index < -0.39 is 12.1 Å². The molecule has 2 heterocycles. The Morgan fingerprint density at radius 1 is 1.10 bits per heavy atom. The van der Waals surface area contributed by atoms with E-state index in [2.05, 4.69) is 0 Å². The van der Waals surface area contributed by atoms with Crippen LogP contribution in [0.4, 0.5) is 0 Å². The fraction of sp³-hybridized carbons (Fsp3) is 0.273. The summed E-state index contributed by atoms with van der Waals surface area (Å²) in [7, 11) is 1.55. The molecule has 0 aliphatic carbocycles. The number of carbonyl (C=O) groups is 1. The number of hydrogen-bond acceptors (Lipinski definition) is 7. The number of rotatable bonds is 5. The number of fused-ring (bicyclic) bond motifs is 1. The minimum absolute atomic E-state index is 0.0925. The van der Waals surface area contributed by atoms with Crippen molar-refractivity contribution in [3.05, 3.63) is 58.4 Å². The van der Waals surface area contributed by atoms with Crippen molar-refractivity contribution in [1.82, 2.24) is 0 Å². The van der Waals surface area contributed by atoms with E-state index >= 15 is 0 Å². The Bertz CT molecular complexity index is 1110. The van der Waals surface area contributed by atoms with Crippen LogP contribution in [0.5, 0.6) is 23.0 Å². The van der Waals surface area contributed by atoms with Crippen molar-refractivity contribution in [1.29, 1.82) is 0 Å². The quantitative estimate of drug-likeness (QED) is 0.476. The van der Waals surface area contributed by atoms with Gasteiger partial charge in [0.25, 0.3) is 0 Å². The Morgan fingerprint density at radius 3 is 2.69 bits per heavy atom. The molecule has 1 aliphatic rings. The summed E-state index contributed by atoms with van der Waals surface area (Å²) in [5, 5.41) is 0.324. The van der Waals surface area contributed by atoms with Crippen molar-refractivity contribution >= 4 is 16.9 Å². The van der Waals surface area contributed by atoms with Crippen molar-refractivity contribution in [2.45, 2.75) is 25.9 Å². The van der Waals surface area contributed by atoms with Gasteiger partial charge in [-0.15, -0.1) is 0 Å². The van der Waals surface area contributed by atoms with E-state index in [0.29, 0.717) is 47.0 Å². The zero-order chi connectivity index (χ0) is 20.4. The van der Waals surface area contributed by atoms with E-state index in [1.54, 1.807) is 50.4 Å². The van der Waals surface area contributed by atoms with Gasteiger partial charge in [0.05, 0.1) is 12.5 Å². The number of methoxy groups -OCH3 is 1. The second-order valence-corrected chi connectivity index (χ2v) is 6.68. The second kappa shape index (κ2) is 7.97. The lowest BCUT2D eigenvalue weighted by Crippen LogP contribution is -2.24. The molecule has 4 rings (SSSR count). The minimum Gasteiger partial charge on any atom is -0.497 e.